The van der Waals surface area contributed by atoms with Crippen molar-refractivity contribution in [3.05, 3.63) is 77.4 Å². The lowest BCUT2D eigenvalue weighted by molar-refractivity contribution is 0.102. The van der Waals surface area contributed by atoms with E-state index in [1.165, 1.54) is 12.1 Å². The molecule has 0 fully saturated rings. The topological polar surface area (TPSA) is 84.6 Å². The molecule has 0 aliphatic carbocycles. The molecule has 0 bridgehead atoms. The Morgan fingerprint density at radius 1 is 0.962 bits per heavy atom. The van der Waals surface area contributed by atoms with Crippen LogP contribution in [0.4, 0.5) is 11.4 Å². The number of hydrogen-bond acceptors (Lipinski definition) is 4. The SMILES string of the molecule is Cc1cc(C)cc(Oc2ccc(NC(=O)c3cccc(N)c3O)cc2)c1. The minimum Gasteiger partial charge on any atom is -0.505 e. The van der Waals surface area contributed by atoms with Crippen LogP contribution in [0, 0.1) is 13.8 Å². The Morgan fingerprint density at radius 2 is 1.62 bits per heavy atom. The van der Waals surface area contributed by atoms with E-state index in [0.717, 1.165) is 16.9 Å². The van der Waals surface area contributed by atoms with Crippen LogP contribution < -0.4 is 15.8 Å². The summed E-state index contributed by atoms with van der Waals surface area (Å²) in [7, 11) is 0. The van der Waals surface area contributed by atoms with Crippen LogP contribution in [0.25, 0.3) is 0 Å². The minimum atomic E-state index is -0.433. The highest BCUT2D eigenvalue weighted by Gasteiger charge is 2.13. The molecule has 0 aliphatic rings. The molecule has 26 heavy (non-hydrogen) atoms. The zero-order chi connectivity index (χ0) is 18.7. The standard InChI is InChI=1S/C21H20N2O3/c1-13-10-14(2)12-17(11-13)26-16-8-6-15(7-9-16)23-21(25)18-4-3-5-19(22)20(18)24/h3-12,24H,22H2,1-2H3,(H,23,25). The Hall–Kier alpha value is -3.47. The Kier molecular flexibility index (Phi) is 4.80. The molecule has 0 heterocycles. The quantitative estimate of drug-likeness (QED) is 0.474. The molecule has 0 saturated heterocycles. The molecule has 3 aromatic rings. The summed E-state index contributed by atoms with van der Waals surface area (Å²) in [6, 6.07) is 17.7. The molecular weight excluding hydrogens is 328 g/mol. The molecule has 1 amide bonds. The van der Waals surface area contributed by atoms with Crippen molar-refractivity contribution in [2.75, 3.05) is 11.1 Å². The van der Waals surface area contributed by atoms with Gasteiger partial charge in [0.15, 0.2) is 5.75 Å². The number of aromatic hydroxyl groups is 1. The van der Waals surface area contributed by atoms with Crippen LogP contribution in [0.1, 0.15) is 21.5 Å². The summed E-state index contributed by atoms with van der Waals surface area (Å²) >= 11 is 0. The first-order valence-corrected chi connectivity index (χ1v) is 8.17. The predicted octanol–water partition coefficient (Wildman–Crippen LogP) is 4.64. The maximum Gasteiger partial charge on any atom is 0.259 e. The number of benzene rings is 3. The van der Waals surface area contributed by atoms with Crippen LogP contribution in [0.15, 0.2) is 60.7 Å². The number of para-hydroxylation sites is 1. The molecule has 3 rings (SSSR count). The van der Waals surface area contributed by atoms with Gasteiger partial charge >= 0.3 is 0 Å². The molecule has 3 aromatic carbocycles. The number of nitrogen functional groups attached to an aromatic ring is 1. The summed E-state index contributed by atoms with van der Waals surface area (Å²) < 4.78 is 5.85. The van der Waals surface area contributed by atoms with Crippen molar-refractivity contribution in [2.24, 2.45) is 0 Å². The van der Waals surface area contributed by atoms with Gasteiger partial charge in [0, 0.05) is 5.69 Å². The number of carbonyl (C=O) groups is 1. The number of hydrogen-bond donors (Lipinski definition) is 3. The summed E-state index contributed by atoms with van der Waals surface area (Å²) in [5, 5.41) is 12.6. The lowest BCUT2D eigenvalue weighted by Gasteiger charge is -2.10. The van der Waals surface area contributed by atoms with E-state index in [0.29, 0.717) is 11.4 Å². The second-order valence-corrected chi connectivity index (χ2v) is 6.15. The van der Waals surface area contributed by atoms with Crippen molar-refractivity contribution >= 4 is 17.3 Å². The first kappa shape index (κ1) is 17.4. The van der Waals surface area contributed by atoms with Gasteiger partial charge in [-0.2, -0.15) is 0 Å². The number of carbonyl (C=O) groups excluding carboxylic acids is 1. The van der Waals surface area contributed by atoms with Gasteiger partial charge in [0.2, 0.25) is 0 Å². The van der Waals surface area contributed by atoms with Gasteiger partial charge < -0.3 is 20.9 Å². The number of anilines is 2. The maximum atomic E-state index is 12.3. The third-order valence-corrected chi connectivity index (χ3v) is 3.85. The van der Waals surface area contributed by atoms with Crippen molar-refractivity contribution in [2.45, 2.75) is 13.8 Å². The van der Waals surface area contributed by atoms with E-state index in [2.05, 4.69) is 11.4 Å². The number of aryl methyl sites for hydroxylation is 2. The fourth-order valence-corrected chi connectivity index (χ4v) is 2.68. The van der Waals surface area contributed by atoms with Crippen molar-refractivity contribution < 1.29 is 14.6 Å². The molecule has 0 spiro atoms. The molecule has 5 nitrogen and oxygen atoms in total. The maximum absolute atomic E-state index is 12.3. The number of nitrogens with two attached hydrogens (primary N) is 1. The summed E-state index contributed by atoms with van der Waals surface area (Å²) in [5.41, 5.74) is 8.76. The molecule has 132 valence electrons. The van der Waals surface area contributed by atoms with E-state index >= 15 is 0 Å². The third kappa shape index (κ3) is 3.95. The number of amides is 1. The normalized spacial score (nSPS) is 10.4. The fourth-order valence-electron chi connectivity index (χ4n) is 2.68. The number of nitrogens with one attached hydrogen (secondary N) is 1. The van der Waals surface area contributed by atoms with Gasteiger partial charge in [0.1, 0.15) is 11.5 Å². The summed E-state index contributed by atoms with van der Waals surface area (Å²) in [4.78, 5) is 12.3. The number of ether oxygens (including phenoxy) is 1. The molecule has 0 radical (unpaired) electrons. The van der Waals surface area contributed by atoms with Crippen LogP contribution in [0.2, 0.25) is 0 Å². The van der Waals surface area contributed by atoms with Gasteiger partial charge in [0.05, 0.1) is 11.3 Å². The van der Waals surface area contributed by atoms with Crippen LogP contribution in [0.5, 0.6) is 17.2 Å². The van der Waals surface area contributed by atoms with Crippen LogP contribution >= 0.6 is 0 Å². The Morgan fingerprint density at radius 3 is 2.27 bits per heavy atom. The van der Waals surface area contributed by atoms with Gasteiger partial charge in [-0.3, -0.25) is 4.79 Å². The highest BCUT2D eigenvalue weighted by atomic mass is 16.5. The second-order valence-electron chi connectivity index (χ2n) is 6.15. The van der Waals surface area contributed by atoms with Crippen LogP contribution in [0.3, 0.4) is 0 Å². The second kappa shape index (κ2) is 7.19. The summed E-state index contributed by atoms with van der Waals surface area (Å²) in [6.07, 6.45) is 0. The first-order chi connectivity index (χ1) is 12.4. The minimum absolute atomic E-state index is 0.126. The van der Waals surface area contributed by atoms with Gasteiger partial charge in [-0.05, 0) is 73.5 Å². The van der Waals surface area contributed by atoms with Gasteiger partial charge in [0.25, 0.3) is 5.91 Å². The van der Waals surface area contributed by atoms with E-state index in [9.17, 15) is 9.90 Å². The number of phenolic OH excluding ortho intramolecular Hbond substituents is 1. The van der Waals surface area contributed by atoms with Gasteiger partial charge in [-0.1, -0.05) is 12.1 Å². The van der Waals surface area contributed by atoms with Gasteiger partial charge in [-0.15, -0.1) is 0 Å². The Labute approximate surface area is 152 Å². The zero-order valence-electron chi connectivity index (χ0n) is 14.6. The molecule has 0 atom stereocenters. The van der Waals surface area contributed by atoms with Crippen molar-refractivity contribution in [1.29, 1.82) is 0 Å². The van der Waals surface area contributed by atoms with Crippen molar-refractivity contribution in [3.63, 3.8) is 0 Å². The van der Waals surface area contributed by atoms with Crippen LogP contribution in [-0.4, -0.2) is 11.0 Å². The van der Waals surface area contributed by atoms with E-state index in [4.69, 9.17) is 10.5 Å². The largest absolute Gasteiger partial charge is 0.505 e. The molecule has 5 heteroatoms. The Balaban J connectivity index is 1.71. The van der Waals surface area contributed by atoms with E-state index in [-0.39, 0.29) is 17.0 Å². The highest BCUT2D eigenvalue weighted by molar-refractivity contribution is 6.07. The first-order valence-electron chi connectivity index (χ1n) is 8.17. The molecule has 4 N–H and O–H groups in total. The van der Waals surface area contributed by atoms with E-state index in [1.807, 2.05) is 26.0 Å². The van der Waals surface area contributed by atoms with E-state index in [1.54, 1.807) is 30.3 Å². The van der Waals surface area contributed by atoms with E-state index < -0.39 is 5.91 Å². The molecule has 0 unspecified atom stereocenters. The smallest absolute Gasteiger partial charge is 0.259 e. The predicted molar refractivity (Wildman–Crippen MR) is 103 cm³/mol. The lowest BCUT2D eigenvalue weighted by atomic mass is 10.1. The lowest BCUT2D eigenvalue weighted by Crippen LogP contribution is -2.12. The zero-order valence-corrected chi connectivity index (χ0v) is 14.6. The van der Waals surface area contributed by atoms with Crippen molar-refractivity contribution in [3.8, 4) is 17.2 Å². The Bertz CT molecular complexity index is 930. The summed E-state index contributed by atoms with van der Waals surface area (Å²) in [6.45, 7) is 4.04. The van der Waals surface area contributed by atoms with Crippen molar-refractivity contribution in [1.82, 2.24) is 0 Å². The monoisotopic (exact) mass is 348 g/mol. The van der Waals surface area contributed by atoms with Gasteiger partial charge in [-0.25, -0.2) is 0 Å². The molecule has 0 saturated carbocycles. The molecule has 0 aliphatic heterocycles. The highest BCUT2D eigenvalue weighted by Crippen LogP contribution is 2.27. The molecular formula is C21H20N2O3. The third-order valence-electron chi connectivity index (χ3n) is 3.85. The summed E-state index contributed by atoms with van der Waals surface area (Å²) in [5.74, 6) is 0.779. The molecule has 0 aromatic heterocycles. The number of rotatable bonds is 4. The fraction of sp³-hybridized carbons (Fsp3) is 0.0952. The van der Waals surface area contributed by atoms with Crippen LogP contribution in [-0.2, 0) is 0 Å². The average molecular weight is 348 g/mol. The average Bonchev–Trinajstić information content (AvgIpc) is 2.58. The number of phenols is 1.